The molecule has 1 aliphatic heterocycles. The van der Waals surface area contributed by atoms with E-state index in [1.165, 1.54) is 10.6 Å². The molecule has 1 aromatic heterocycles. The Kier molecular flexibility index (Phi) is 5.04. The Hall–Kier alpha value is -3.08. The molecule has 0 unspecified atom stereocenters. The minimum absolute atomic E-state index is 0.0594. The van der Waals surface area contributed by atoms with Gasteiger partial charge in [0.1, 0.15) is 0 Å². The molecule has 0 saturated heterocycles. The summed E-state index contributed by atoms with van der Waals surface area (Å²) in [7, 11) is 0. The lowest BCUT2D eigenvalue weighted by atomic mass is 10.0. The Balaban J connectivity index is 1.72. The summed E-state index contributed by atoms with van der Waals surface area (Å²) in [5.41, 5.74) is -1.23. The molecule has 0 bridgehead atoms. The van der Waals surface area contributed by atoms with Crippen molar-refractivity contribution in [1.82, 2.24) is 9.88 Å². The molecule has 5 nitrogen and oxygen atoms in total. The molecule has 2 aromatic rings. The van der Waals surface area contributed by atoms with Gasteiger partial charge < -0.3 is 9.88 Å². The van der Waals surface area contributed by atoms with Crippen molar-refractivity contribution in [3.63, 3.8) is 0 Å². The third kappa shape index (κ3) is 4.56. The number of nitrogens with one attached hydrogen (secondary N) is 1. The molecule has 0 aliphatic carbocycles. The highest BCUT2D eigenvalue weighted by Gasteiger charge is 2.38. The number of nitrogens with zero attached hydrogens (tertiary/aromatic N) is 3. The summed E-state index contributed by atoms with van der Waals surface area (Å²) in [6.45, 7) is 0.242. The maximum atomic E-state index is 13.2. The van der Waals surface area contributed by atoms with Crippen molar-refractivity contribution in [2.45, 2.75) is 31.1 Å². The van der Waals surface area contributed by atoms with E-state index in [9.17, 15) is 18.0 Å². The van der Waals surface area contributed by atoms with E-state index in [4.69, 9.17) is 6.42 Å². The van der Waals surface area contributed by atoms with Crippen molar-refractivity contribution in [2.75, 3.05) is 6.54 Å². The third-order valence-corrected chi connectivity index (χ3v) is 4.27. The van der Waals surface area contributed by atoms with Crippen LogP contribution in [0.1, 0.15) is 35.2 Å². The van der Waals surface area contributed by atoms with E-state index in [0.717, 1.165) is 12.1 Å². The summed E-state index contributed by atoms with van der Waals surface area (Å²) >= 11 is 0. The lowest BCUT2D eigenvalue weighted by molar-refractivity contribution is -0.137. The number of carbonyl (C=O) groups is 1. The smallest absolute Gasteiger partial charge is 0.352 e. The van der Waals surface area contributed by atoms with E-state index in [1.54, 1.807) is 24.5 Å². The van der Waals surface area contributed by atoms with Crippen LogP contribution in [0.15, 0.2) is 53.0 Å². The Morgan fingerprint density at radius 1 is 1.19 bits per heavy atom. The standard InChI is InChI=1S/C19H17F3N4O/c1-2-3-6-18(24-25-18)7-8-23-17(27)14-11-15(19(20,21)22)13-16(12-14)26-9-4-5-10-26/h1,4-5,9-13H,3,6-8H2,(H,23,27). The van der Waals surface area contributed by atoms with Gasteiger partial charge in [0.05, 0.1) is 5.56 Å². The maximum absolute atomic E-state index is 13.2. The minimum atomic E-state index is -4.55. The van der Waals surface area contributed by atoms with Crippen molar-refractivity contribution in [3.05, 3.63) is 53.9 Å². The van der Waals surface area contributed by atoms with Crippen molar-refractivity contribution in [1.29, 1.82) is 0 Å². The lowest BCUT2D eigenvalue weighted by Crippen LogP contribution is -2.28. The lowest BCUT2D eigenvalue weighted by Gasteiger charge is -2.14. The Labute approximate surface area is 154 Å². The largest absolute Gasteiger partial charge is 0.416 e. The highest BCUT2D eigenvalue weighted by atomic mass is 19.4. The number of hydrogen-bond acceptors (Lipinski definition) is 3. The summed E-state index contributed by atoms with van der Waals surface area (Å²) in [6.07, 6.45) is 5.48. The molecule has 0 spiro atoms. The summed E-state index contributed by atoms with van der Waals surface area (Å²) in [5.74, 6) is 1.93. The second-order valence-electron chi connectivity index (χ2n) is 6.25. The molecule has 2 heterocycles. The fourth-order valence-electron chi connectivity index (χ4n) is 2.71. The van der Waals surface area contributed by atoms with E-state index < -0.39 is 23.3 Å². The predicted molar refractivity (Wildman–Crippen MR) is 93.4 cm³/mol. The van der Waals surface area contributed by atoms with Crippen LogP contribution in [-0.2, 0) is 6.18 Å². The molecule has 1 amide bonds. The minimum Gasteiger partial charge on any atom is -0.352 e. The normalized spacial score (nSPS) is 14.6. The Morgan fingerprint density at radius 2 is 1.89 bits per heavy atom. The van der Waals surface area contributed by atoms with Gasteiger partial charge in [-0.2, -0.15) is 23.4 Å². The summed E-state index contributed by atoms with van der Waals surface area (Å²) in [5, 5.41) is 10.6. The average Bonchev–Trinajstić information content (AvgIpc) is 3.18. The molecular formula is C19H17F3N4O. The zero-order valence-electron chi connectivity index (χ0n) is 14.3. The fourth-order valence-corrected chi connectivity index (χ4v) is 2.71. The van der Waals surface area contributed by atoms with Crippen LogP contribution in [0.2, 0.25) is 0 Å². The number of halogens is 3. The number of benzene rings is 1. The fraction of sp³-hybridized carbons (Fsp3) is 0.316. The molecular weight excluding hydrogens is 357 g/mol. The molecule has 3 rings (SSSR count). The van der Waals surface area contributed by atoms with Gasteiger partial charge in [0.2, 0.25) is 0 Å². The molecule has 8 heteroatoms. The monoisotopic (exact) mass is 374 g/mol. The number of carbonyl (C=O) groups excluding carboxylic acids is 1. The summed E-state index contributed by atoms with van der Waals surface area (Å²) < 4.78 is 41.1. The van der Waals surface area contributed by atoms with Crippen LogP contribution in [0.25, 0.3) is 5.69 Å². The third-order valence-electron chi connectivity index (χ3n) is 4.27. The van der Waals surface area contributed by atoms with Gasteiger partial charge in [-0.15, -0.1) is 12.3 Å². The zero-order valence-corrected chi connectivity index (χ0v) is 14.3. The molecule has 0 atom stereocenters. The van der Waals surface area contributed by atoms with Crippen LogP contribution >= 0.6 is 0 Å². The van der Waals surface area contributed by atoms with Crippen LogP contribution in [0.3, 0.4) is 0 Å². The second-order valence-corrected chi connectivity index (χ2v) is 6.25. The second kappa shape index (κ2) is 7.27. The Bertz CT molecular complexity index is 889. The van der Waals surface area contributed by atoms with Gasteiger partial charge in [-0.05, 0) is 30.3 Å². The summed E-state index contributed by atoms with van der Waals surface area (Å²) in [6, 6.07) is 6.66. The van der Waals surface area contributed by atoms with Crippen LogP contribution in [0, 0.1) is 12.3 Å². The van der Waals surface area contributed by atoms with Crippen LogP contribution in [0.4, 0.5) is 13.2 Å². The Morgan fingerprint density at radius 3 is 2.48 bits per heavy atom. The number of alkyl halides is 3. The molecule has 140 valence electrons. The molecule has 27 heavy (non-hydrogen) atoms. The number of hydrogen-bond donors (Lipinski definition) is 1. The average molecular weight is 374 g/mol. The van der Waals surface area contributed by atoms with Crippen molar-refractivity contribution >= 4 is 5.91 Å². The predicted octanol–water partition coefficient (Wildman–Crippen LogP) is 4.19. The zero-order chi connectivity index (χ0) is 19.5. The quantitative estimate of drug-likeness (QED) is 0.726. The first-order chi connectivity index (χ1) is 12.8. The first-order valence-electron chi connectivity index (χ1n) is 8.34. The van der Waals surface area contributed by atoms with E-state index in [2.05, 4.69) is 21.5 Å². The van der Waals surface area contributed by atoms with Gasteiger partial charge in [0.25, 0.3) is 5.91 Å². The van der Waals surface area contributed by atoms with Crippen molar-refractivity contribution in [3.8, 4) is 18.0 Å². The molecule has 0 fully saturated rings. The van der Waals surface area contributed by atoms with E-state index in [-0.39, 0.29) is 17.8 Å². The maximum Gasteiger partial charge on any atom is 0.416 e. The van der Waals surface area contributed by atoms with Gasteiger partial charge in [-0.1, -0.05) is 0 Å². The molecule has 1 aromatic carbocycles. The van der Waals surface area contributed by atoms with E-state index >= 15 is 0 Å². The first-order valence-corrected chi connectivity index (χ1v) is 8.34. The number of terminal acetylenes is 1. The van der Waals surface area contributed by atoms with Gasteiger partial charge in [0, 0.05) is 49.5 Å². The number of rotatable bonds is 7. The summed E-state index contributed by atoms with van der Waals surface area (Å²) in [4.78, 5) is 12.4. The van der Waals surface area contributed by atoms with E-state index in [1.807, 2.05) is 0 Å². The molecule has 0 radical (unpaired) electrons. The van der Waals surface area contributed by atoms with E-state index in [0.29, 0.717) is 19.3 Å². The van der Waals surface area contributed by atoms with Gasteiger partial charge in [0.15, 0.2) is 5.66 Å². The van der Waals surface area contributed by atoms with Crippen molar-refractivity contribution in [2.24, 2.45) is 10.2 Å². The van der Waals surface area contributed by atoms with Gasteiger partial charge in [-0.25, -0.2) is 0 Å². The molecule has 0 saturated carbocycles. The van der Waals surface area contributed by atoms with Crippen LogP contribution in [0.5, 0.6) is 0 Å². The van der Waals surface area contributed by atoms with Crippen LogP contribution in [-0.4, -0.2) is 22.7 Å². The number of aromatic nitrogens is 1. The number of amides is 1. The highest BCUT2D eigenvalue weighted by Crippen LogP contribution is 2.36. The van der Waals surface area contributed by atoms with Crippen LogP contribution < -0.4 is 5.32 Å². The highest BCUT2D eigenvalue weighted by molar-refractivity contribution is 5.95. The SMILES string of the molecule is C#CCCC1(CCNC(=O)c2cc(-n3cccc3)cc(C(F)(F)F)c2)N=N1. The topological polar surface area (TPSA) is 58.8 Å². The molecule has 1 aliphatic rings. The van der Waals surface area contributed by atoms with Crippen molar-refractivity contribution < 1.29 is 18.0 Å². The van der Waals surface area contributed by atoms with Gasteiger partial charge >= 0.3 is 6.18 Å². The molecule has 1 N–H and O–H groups in total. The van der Waals surface area contributed by atoms with Gasteiger partial charge in [-0.3, -0.25) is 4.79 Å². The first kappa shape index (κ1) is 18.7.